The number of carbonyl (C=O) groups excluding carboxylic acids is 1. The van der Waals surface area contributed by atoms with Crippen LogP contribution < -0.4 is 4.90 Å². The maximum absolute atomic E-state index is 12.9. The fourth-order valence-electron chi connectivity index (χ4n) is 2.32. The topological polar surface area (TPSA) is 51.7 Å². The summed E-state index contributed by atoms with van der Waals surface area (Å²) in [4.78, 5) is 17.0. The van der Waals surface area contributed by atoms with E-state index in [9.17, 15) is 18.0 Å². The largest absolute Gasteiger partial charge is 0.433 e. The van der Waals surface area contributed by atoms with Gasteiger partial charge in [0, 0.05) is 20.2 Å². The summed E-state index contributed by atoms with van der Waals surface area (Å²) in [6.07, 6.45) is -4.82. The van der Waals surface area contributed by atoms with Crippen LogP contribution in [0.1, 0.15) is 23.0 Å². The van der Waals surface area contributed by atoms with Crippen LogP contribution in [0.2, 0.25) is 0 Å². The van der Waals surface area contributed by atoms with Crippen LogP contribution in [0, 0.1) is 0 Å². The summed E-state index contributed by atoms with van der Waals surface area (Å²) < 4.78 is 49.0. The first-order valence-corrected chi connectivity index (χ1v) is 6.77. The number of ketones is 1. The molecule has 1 fully saturated rings. The molecule has 0 aromatic carbocycles. The molecule has 0 amide bonds. The van der Waals surface area contributed by atoms with Crippen molar-refractivity contribution in [2.75, 3.05) is 38.3 Å². The van der Waals surface area contributed by atoms with Gasteiger partial charge >= 0.3 is 6.18 Å². The number of aromatic nitrogens is 1. The number of alkyl halides is 3. The molecule has 1 atom stereocenters. The summed E-state index contributed by atoms with van der Waals surface area (Å²) in [7, 11) is 1.52. The van der Waals surface area contributed by atoms with Crippen LogP contribution in [-0.2, 0) is 15.7 Å². The molecular weight excluding hydrogens is 301 g/mol. The third kappa shape index (κ3) is 3.75. The average molecular weight is 318 g/mol. The van der Waals surface area contributed by atoms with E-state index in [1.807, 2.05) is 0 Å². The molecule has 0 aliphatic carbocycles. The van der Waals surface area contributed by atoms with Crippen molar-refractivity contribution in [3.05, 3.63) is 23.4 Å². The molecular formula is C14H17F3N2O3. The lowest BCUT2D eigenvalue weighted by molar-refractivity contribution is -0.141. The lowest BCUT2D eigenvalue weighted by Gasteiger charge is -2.34. The number of rotatable bonds is 4. The SMILES string of the molecule is COC[C@@H]1CN(c2nc(C(F)(F)F)ccc2C(C)=O)CCO1. The van der Waals surface area contributed by atoms with Gasteiger partial charge in [-0.3, -0.25) is 4.79 Å². The van der Waals surface area contributed by atoms with Gasteiger partial charge in [-0.15, -0.1) is 0 Å². The van der Waals surface area contributed by atoms with Crippen LogP contribution in [0.3, 0.4) is 0 Å². The Morgan fingerprint density at radius 3 is 2.82 bits per heavy atom. The predicted molar refractivity (Wildman–Crippen MR) is 73.1 cm³/mol. The van der Waals surface area contributed by atoms with Crippen molar-refractivity contribution >= 4 is 11.6 Å². The van der Waals surface area contributed by atoms with Gasteiger partial charge in [0.1, 0.15) is 11.5 Å². The van der Waals surface area contributed by atoms with Gasteiger partial charge in [-0.1, -0.05) is 0 Å². The van der Waals surface area contributed by atoms with Gasteiger partial charge in [-0.05, 0) is 19.1 Å². The van der Waals surface area contributed by atoms with E-state index in [0.29, 0.717) is 26.3 Å². The van der Waals surface area contributed by atoms with Gasteiger partial charge in [0.05, 0.1) is 24.9 Å². The average Bonchev–Trinajstić information content (AvgIpc) is 2.46. The monoisotopic (exact) mass is 318 g/mol. The lowest BCUT2D eigenvalue weighted by atomic mass is 10.1. The van der Waals surface area contributed by atoms with Crippen molar-refractivity contribution in [1.82, 2.24) is 4.98 Å². The number of halogens is 3. The fourth-order valence-corrected chi connectivity index (χ4v) is 2.32. The number of morpholine rings is 1. The first-order chi connectivity index (χ1) is 10.3. The molecule has 22 heavy (non-hydrogen) atoms. The van der Waals surface area contributed by atoms with Crippen LogP contribution in [0.5, 0.6) is 0 Å². The predicted octanol–water partition coefficient (Wildman–Crippen LogP) is 2.15. The number of ether oxygens (including phenoxy) is 2. The highest BCUT2D eigenvalue weighted by molar-refractivity contribution is 5.98. The van der Waals surface area contributed by atoms with Gasteiger partial charge < -0.3 is 14.4 Å². The molecule has 1 saturated heterocycles. The summed E-state index contributed by atoms with van der Waals surface area (Å²) in [5, 5.41) is 0. The van der Waals surface area contributed by atoms with Crippen LogP contribution in [0.15, 0.2) is 12.1 Å². The Morgan fingerprint density at radius 2 is 2.23 bits per heavy atom. The fraction of sp³-hybridized carbons (Fsp3) is 0.571. The van der Waals surface area contributed by atoms with Crippen molar-refractivity contribution in [1.29, 1.82) is 0 Å². The molecule has 0 radical (unpaired) electrons. The van der Waals surface area contributed by atoms with E-state index in [1.165, 1.54) is 20.1 Å². The third-order valence-electron chi connectivity index (χ3n) is 3.34. The normalized spacial score (nSPS) is 19.3. The Kier molecular flexibility index (Phi) is 5.02. The van der Waals surface area contributed by atoms with E-state index in [4.69, 9.17) is 9.47 Å². The van der Waals surface area contributed by atoms with Crippen molar-refractivity contribution in [3.63, 3.8) is 0 Å². The molecule has 1 aromatic heterocycles. The van der Waals surface area contributed by atoms with Gasteiger partial charge in [0.15, 0.2) is 5.78 Å². The number of nitrogens with zero attached hydrogens (tertiary/aromatic N) is 2. The number of hydrogen-bond donors (Lipinski definition) is 0. The molecule has 0 bridgehead atoms. The first kappa shape index (κ1) is 16.7. The van der Waals surface area contributed by atoms with Gasteiger partial charge in [-0.25, -0.2) is 4.98 Å². The zero-order valence-corrected chi connectivity index (χ0v) is 12.3. The molecule has 0 N–H and O–H groups in total. The molecule has 122 valence electrons. The maximum atomic E-state index is 12.9. The molecule has 1 aromatic rings. The highest BCUT2D eigenvalue weighted by Crippen LogP contribution is 2.31. The Labute approximate surface area is 126 Å². The van der Waals surface area contributed by atoms with Gasteiger partial charge in [0.2, 0.25) is 0 Å². The third-order valence-corrected chi connectivity index (χ3v) is 3.34. The second kappa shape index (κ2) is 6.62. The zero-order chi connectivity index (χ0) is 16.3. The standard InChI is InChI=1S/C14H17F3N2O3/c1-9(20)11-3-4-12(14(15,16)17)18-13(11)19-5-6-22-10(7-19)8-21-2/h3-4,10H,5-8H2,1-2H3/t10-/m0/s1. The van der Waals surface area contributed by atoms with E-state index < -0.39 is 11.9 Å². The first-order valence-electron chi connectivity index (χ1n) is 6.77. The van der Waals surface area contributed by atoms with Gasteiger partial charge in [-0.2, -0.15) is 13.2 Å². The maximum Gasteiger partial charge on any atom is 0.433 e. The summed E-state index contributed by atoms with van der Waals surface area (Å²) in [6, 6.07) is 2.00. The molecule has 8 heteroatoms. The molecule has 0 spiro atoms. The van der Waals surface area contributed by atoms with E-state index in [1.54, 1.807) is 4.90 Å². The molecule has 1 aliphatic heterocycles. The van der Waals surface area contributed by atoms with Crippen LogP contribution >= 0.6 is 0 Å². The highest BCUT2D eigenvalue weighted by atomic mass is 19.4. The molecule has 1 aliphatic rings. The van der Waals surface area contributed by atoms with E-state index in [-0.39, 0.29) is 23.3 Å². The minimum atomic E-state index is -4.55. The summed E-state index contributed by atoms with van der Waals surface area (Å²) in [5.74, 6) is -0.280. The van der Waals surface area contributed by atoms with Crippen molar-refractivity contribution < 1.29 is 27.4 Å². The molecule has 2 heterocycles. The Hall–Kier alpha value is -1.67. The van der Waals surface area contributed by atoms with E-state index >= 15 is 0 Å². The smallest absolute Gasteiger partial charge is 0.382 e. The number of carbonyl (C=O) groups is 1. The lowest BCUT2D eigenvalue weighted by Crippen LogP contribution is -2.45. The minimum absolute atomic E-state index is 0.0479. The molecule has 2 rings (SSSR count). The number of Topliss-reactive ketones (excluding diaryl/α,β-unsaturated/α-hetero) is 1. The van der Waals surface area contributed by atoms with Crippen molar-refractivity contribution in [2.24, 2.45) is 0 Å². The number of anilines is 1. The van der Waals surface area contributed by atoms with Gasteiger partial charge in [0.25, 0.3) is 0 Å². The Morgan fingerprint density at radius 1 is 1.50 bits per heavy atom. The van der Waals surface area contributed by atoms with Crippen LogP contribution in [0.4, 0.5) is 19.0 Å². The van der Waals surface area contributed by atoms with Crippen LogP contribution in [0.25, 0.3) is 0 Å². The Bertz CT molecular complexity index is 547. The Balaban J connectivity index is 2.36. The van der Waals surface area contributed by atoms with Crippen molar-refractivity contribution in [3.8, 4) is 0 Å². The molecule has 0 unspecified atom stereocenters. The summed E-state index contributed by atoms with van der Waals surface area (Å²) in [6.45, 7) is 2.66. The number of hydrogen-bond acceptors (Lipinski definition) is 5. The summed E-state index contributed by atoms with van der Waals surface area (Å²) in [5.41, 5.74) is -0.839. The molecule has 5 nitrogen and oxygen atoms in total. The zero-order valence-electron chi connectivity index (χ0n) is 12.3. The quantitative estimate of drug-likeness (QED) is 0.796. The van der Waals surface area contributed by atoms with E-state index in [0.717, 1.165) is 6.07 Å². The number of pyridine rings is 1. The second-order valence-corrected chi connectivity index (χ2v) is 5.02. The van der Waals surface area contributed by atoms with E-state index in [2.05, 4.69) is 4.98 Å². The number of methoxy groups -OCH3 is 1. The second-order valence-electron chi connectivity index (χ2n) is 5.02. The summed E-state index contributed by atoms with van der Waals surface area (Å²) >= 11 is 0. The highest BCUT2D eigenvalue weighted by Gasteiger charge is 2.34. The van der Waals surface area contributed by atoms with Crippen molar-refractivity contribution in [2.45, 2.75) is 19.2 Å². The van der Waals surface area contributed by atoms with Crippen LogP contribution in [-0.4, -0.2) is 50.3 Å². The molecule has 0 saturated carbocycles. The minimum Gasteiger partial charge on any atom is -0.382 e.